The van der Waals surface area contributed by atoms with Gasteiger partial charge in [0.15, 0.2) is 0 Å². The van der Waals surface area contributed by atoms with Crippen LogP contribution in [0.3, 0.4) is 0 Å². The van der Waals surface area contributed by atoms with Gasteiger partial charge in [-0.25, -0.2) is 0 Å². The van der Waals surface area contributed by atoms with Gasteiger partial charge in [0.2, 0.25) is 11.8 Å². The second-order valence-corrected chi connectivity index (χ2v) is 6.77. The highest BCUT2D eigenvalue weighted by atomic mass is 16.2. The molecule has 0 radical (unpaired) electrons. The van der Waals surface area contributed by atoms with Gasteiger partial charge in [-0.05, 0) is 12.1 Å². The maximum absolute atomic E-state index is 12.3. The maximum atomic E-state index is 12.3. The third-order valence-corrected chi connectivity index (χ3v) is 4.55. The molecule has 2 aliphatic rings. The van der Waals surface area contributed by atoms with Crippen LogP contribution in [0.25, 0.3) is 0 Å². The molecule has 2 amide bonds. The summed E-state index contributed by atoms with van der Waals surface area (Å²) < 4.78 is 0. The highest BCUT2D eigenvalue weighted by molar-refractivity contribution is 6.05. The lowest BCUT2D eigenvalue weighted by molar-refractivity contribution is -0.143. The zero-order chi connectivity index (χ0) is 15.7. The van der Waals surface area contributed by atoms with Gasteiger partial charge in [0, 0.05) is 38.3 Å². The number of rotatable bonds is 3. The fraction of sp³-hybridized carbons (Fsp3) is 0.529. The van der Waals surface area contributed by atoms with Crippen molar-refractivity contribution < 1.29 is 9.59 Å². The predicted octanol–water partition coefficient (Wildman–Crippen LogP) is 1.55. The Kier molecular flexibility index (Phi) is 3.91. The van der Waals surface area contributed by atoms with Crippen molar-refractivity contribution >= 4 is 17.5 Å². The number of amides is 2. The molecule has 0 unspecified atom stereocenters. The summed E-state index contributed by atoms with van der Waals surface area (Å²) in [7, 11) is 0. The summed E-state index contributed by atoms with van der Waals surface area (Å²) >= 11 is 0. The SMILES string of the molecule is CC1(C)CC(=O)N(CN2CCN(c3ccccc3)CC2)C1=O. The molecule has 22 heavy (non-hydrogen) atoms. The fourth-order valence-electron chi connectivity index (χ4n) is 3.16. The Balaban J connectivity index is 1.57. The molecular weight excluding hydrogens is 278 g/mol. The van der Waals surface area contributed by atoms with Crippen LogP contribution < -0.4 is 4.90 Å². The first-order valence-electron chi connectivity index (χ1n) is 7.84. The molecule has 1 aromatic carbocycles. The first kappa shape index (κ1) is 15.0. The molecular formula is C17H23N3O2. The van der Waals surface area contributed by atoms with Crippen LogP contribution in [0.4, 0.5) is 5.69 Å². The molecule has 5 nitrogen and oxygen atoms in total. The third kappa shape index (κ3) is 2.86. The van der Waals surface area contributed by atoms with E-state index in [9.17, 15) is 9.59 Å². The lowest BCUT2D eigenvalue weighted by atomic mass is 9.92. The van der Waals surface area contributed by atoms with Gasteiger partial charge >= 0.3 is 0 Å². The fourth-order valence-corrected chi connectivity index (χ4v) is 3.16. The molecule has 3 rings (SSSR count). The van der Waals surface area contributed by atoms with E-state index in [0.717, 1.165) is 26.2 Å². The van der Waals surface area contributed by atoms with Crippen molar-refractivity contribution in [2.75, 3.05) is 37.7 Å². The Bertz CT molecular complexity index is 563. The summed E-state index contributed by atoms with van der Waals surface area (Å²) in [6, 6.07) is 10.3. The second kappa shape index (κ2) is 5.72. The van der Waals surface area contributed by atoms with Crippen LogP contribution >= 0.6 is 0 Å². The molecule has 0 atom stereocenters. The van der Waals surface area contributed by atoms with Gasteiger partial charge in [-0.3, -0.25) is 19.4 Å². The minimum Gasteiger partial charge on any atom is -0.369 e. The molecule has 2 aliphatic heterocycles. The van der Waals surface area contributed by atoms with Crippen LogP contribution in [-0.2, 0) is 9.59 Å². The molecule has 0 aliphatic carbocycles. The van der Waals surface area contributed by atoms with E-state index in [4.69, 9.17) is 0 Å². The van der Waals surface area contributed by atoms with Gasteiger partial charge in [-0.1, -0.05) is 32.0 Å². The van der Waals surface area contributed by atoms with E-state index in [1.807, 2.05) is 32.0 Å². The molecule has 0 saturated carbocycles. The van der Waals surface area contributed by atoms with Crippen LogP contribution in [0.15, 0.2) is 30.3 Å². The number of benzene rings is 1. The Morgan fingerprint density at radius 2 is 1.64 bits per heavy atom. The first-order valence-corrected chi connectivity index (χ1v) is 7.84. The Morgan fingerprint density at radius 3 is 2.18 bits per heavy atom. The molecule has 0 N–H and O–H groups in total. The molecule has 1 aromatic rings. The molecule has 0 aromatic heterocycles. The summed E-state index contributed by atoms with van der Waals surface area (Å²) in [5.74, 6) is -0.0801. The smallest absolute Gasteiger partial charge is 0.236 e. The largest absolute Gasteiger partial charge is 0.369 e. The van der Waals surface area contributed by atoms with Crippen LogP contribution in [0.1, 0.15) is 20.3 Å². The van der Waals surface area contributed by atoms with Crippen molar-refractivity contribution in [3.8, 4) is 0 Å². The van der Waals surface area contributed by atoms with Crippen molar-refractivity contribution in [1.82, 2.24) is 9.80 Å². The molecule has 0 bridgehead atoms. The van der Waals surface area contributed by atoms with Crippen molar-refractivity contribution in [3.63, 3.8) is 0 Å². The number of para-hydroxylation sites is 1. The number of likely N-dealkylation sites (tertiary alicyclic amines) is 1. The number of anilines is 1. The topological polar surface area (TPSA) is 43.9 Å². The number of hydrogen-bond donors (Lipinski definition) is 0. The summed E-state index contributed by atoms with van der Waals surface area (Å²) in [4.78, 5) is 30.3. The third-order valence-electron chi connectivity index (χ3n) is 4.55. The number of nitrogens with zero attached hydrogens (tertiary/aromatic N) is 3. The average Bonchev–Trinajstić information content (AvgIpc) is 2.71. The Hall–Kier alpha value is -1.88. The molecule has 2 heterocycles. The quantitative estimate of drug-likeness (QED) is 0.795. The Labute approximate surface area is 131 Å². The van der Waals surface area contributed by atoms with E-state index in [0.29, 0.717) is 13.1 Å². The molecule has 5 heteroatoms. The molecule has 2 saturated heterocycles. The summed E-state index contributed by atoms with van der Waals surface area (Å²) in [6.07, 6.45) is 0.329. The zero-order valence-corrected chi connectivity index (χ0v) is 13.3. The predicted molar refractivity (Wildman–Crippen MR) is 85.3 cm³/mol. The number of imide groups is 1. The normalized spacial score (nSPS) is 22.5. The monoisotopic (exact) mass is 301 g/mol. The van der Waals surface area contributed by atoms with Crippen LogP contribution in [0, 0.1) is 5.41 Å². The maximum Gasteiger partial charge on any atom is 0.236 e. The van der Waals surface area contributed by atoms with Gasteiger partial charge in [-0.15, -0.1) is 0 Å². The number of hydrogen-bond acceptors (Lipinski definition) is 4. The molecule has 2 fully saturated rings. The highest BCUT2D eigenvalue weighted by Gasteiger charge is 2.45. The second-order valence-electron chi connectivity index (χ2n) is 6.77. The minimum absolute atomic E-state index is 0.0389. The summed E-state index contributed by atoms with van der Waals surface area (Å²) in [6.45, 7) is 7.71. The number of carbonyl (C=O) groups is 2. The van der Waals surface area contributed by atoms with Crippen LogP contribution in [0.5, 0.6) is 0 Å². The van der Waals surface area contributed by atoms with E-state index < -0.39 is 5.41 Å². The molecule has 118 valence electrons. The average molecular weight is 301 g/mol. The van der Waals surface area contributed by atoms with Gasteiger partial charge in [0.1, 0.15) is 0 Å². The van der Waals surface area contributed by atoms with Gasteiger partial charge in [0.25, 0.3) is 0 Å². The standard InChI is InChI=1S/C17H23N3O2/c1-17(2)12-15(21)20(16(17)22)13-18-8-10-19(11-9-18)14-6-4-3-5-7-14/h3-7H,8-13H2,1-2H3. The van der Waals surface area contributed by atoms with Crippen molar-refractivity contribution in [3.05, 3.63) is 30.3 Å². The lowest BCUT2D eigenvalue weighted by Crippen LogP contribution is -2.51. The number of piperazine rings is 1. The van der Waals surface area contributed by atoms with E-state index in [-0.39, 0.29) is 11.8 Å². The van der Waals surface area contributed by atoms with Crippen LogP contribution in [0.2, 0.25) is 0 Å². The minimum atomic E-state index is -0.539. The zero-order valence-electron chi connectivity index (χ0n) is 13.3. The summed E-state index contributed by atoms with van der Waals surface area (Å²) in [5, 5.41) is 0. The van der Waals surface area contributed by atoms with Gasteiger partial charge < -0.3 is 4.90 Å². The van der Waals surface area contributed by atoms with E-state index >= 15 is 0 Å². The summed E-state index contributed by atoms with van der Waals surface area (Å²) in [5.41, 5.74) is 0.694. The van der Waals surface area contributed by atoms with Crippen molar-refractivity contribution in [1.29, 1.82) is 0 Å². The van der Waals surface area contributed by atoms with Gasteiger partial charge in [0.05, 0.1) is 12.1 Å². The van der Waals surface area contributed by atoms with E-state index in [1.165, 1.54) is 10.6 Å². The first-order chi connectivity index (χ1) is 10.5. The van der Waals surface area contributed by atoms with Crippen molar-refractivity contribution in [2.24, 2.45) is 5.41 Å². The molecule has 0 spiro atoms. The van der Waals surface area contributed by atoms with Crippen LogP contribution in [-0.4, -0.2) is 54.5 Å². The van der Waals surface area contributed by atoms with Crippen molar-refractivity contribution in [2.45, 2.75) is 20.3 Å². The lowest BCUT2D eigenvalue weighted by Gasteiger charge is -2.37. The highest BCUT2D eigenvalue weighted by Crippen LogP contribution is 2.31. The van der Waals surface area contributed by atoms with E-state index in [2.05, 4.69) is 21.9 Å². The van der Waals surface area contributed by atoms with Gasteiger partial charge in [-0.2, -0.15) is 0 Å². The number of carbonyl (C=O) groups excluding carboxylic acids is 2. The Morgan fingerprint density at radius 1 is 1.00 bits per heavy atom. The van der Waals surface area contributed by atoms with E-state index in [1.54, 1.807) is 0 Å².